The molecule has 2 aromatic rings. The smallest absolute Gasteiger partial charge is 0.265 e. The van der Waals surface area contributed by atoms with Crippen LogP contribution in [0.1, 0.15) is 43.5 Å². The average molecular weight is 486 g/mol. The molecule has 0 bridgehead atoms. The zero-order valence-corrected chi connectivity index (χ0v) is 19.9. The maximum absolute atomic E-state index is 13.2. The summed E-state index contributed by atoms with van der Waals surface area (Å²) < 4.78 is 33.3. The predicted molar refractivity (Wildman–Crippen MR) is 126 cm³/mol. The molecule has 1 atom stereocenters. The molecule has 2 heterocycles. The van der Waals surface area contributed by atoms with E-state index >= 15 is 0 Å². The minimum Gasteiger partial charge on any atom is -0.478 e. The molecular formula is C24H27N3O6S. The Kier molecular flexibility index (Phi) is 6.72. The second-order valence-corrected chi connectivity index (χ2v) is 10.4. The average Bonchev–Trinajstić information content (AvgIpc) is 2.83. The van der Waals surface area contributed by atoms with E-state index in [0.717, 1.165) is 0 Å². The summed E-state index contributed by atoms with van der Waals surface area (Å²) in [6.07, 6.45) is 0.698. The van der Waals surface area contributed by atoms with Crippen molar-refractivity contribution in [3.05, 3.63) is 48.0 Å². The molecule has 0 aromatic heterocycles. The Morgan fingerprint density at radius 3 is 2.41 bits per heavy atom. The van der Waals surface area contributed by atoms with Gasteiger partial charge in [0.1, 0.15) is 5.75 Å². The number of benzene rings is 2. The van der Waals surface area contributed by atoms with Gasteiger partial charge in [-0.3, -0.25) is 14.4 Å². The Morgan fingerprint density at radius 1 is 1.12 bits per heavy atom. The first-order valence-electron chi connectivity index (χ1n) is 11.2. The zero-order chi connectivity index (χ0) is 24.5. The topological polar surface area (TPSA) is 122 Å². The molecule has 2 N–H and O–H groups in total. The van der Waals surface area contributed by atoms with Gasteiger partial charge in [0.25, 0.3) is 5.91 Å². The fraction of sp³-hybridized carbons (Fsp3) is 0.375. The molecular weight excluding hydrogens is 458 g/mol. The van der Waals surface area contributed by atoms with Gasteiger partial charge in [0.05, 0.1) is 10.6 Å². The Morgan fingerprint density at radius 2 is 1.79 bits per heavy atom. The number of hydrogen-bond acceptors (Lipinski definition) is 6. The molecule has 2 aliphatic rings. The van der Waals surface area contributed by atoms with Crippen LogP contribution in [0.25, 0.3) is 0 Å². The van der Waals surface area contributed by atoms with Gasteiger partial charge < -0.3 is 15.4 Å². The SMILES string of the molecule is CCC1Oc2ccc(S(=O)(=O)N3CCC(C(=O)Nc4ccc(C(C)=O)cc4)CC3)cc2NC1=O. The molecule has 2 aromatic carbocycles. The summed E-state index contributed by atoms with van der Waals surface area (Å²) in [7, 11) is -3.79. The lowest BCUT2D eigenvalue weighted by atomic mass is 9.97. The van der Waals surface area contributed by atoms with Crippen LogP contribution in [-0.2, 0) is 19.6 Å². The molecule has 2 aliphatic heterocycles. The van der Waals surface area contributed by atoms with Gasteiger partial charge in [0.15, 0.2) is 11.9 Å². The molecule has 10 heteroatoms. The summed E-state index contributed by atoms with van der Waals surface area (Å²) >= 11 is 0. The number of fused-ring (bicyclic) bond motifs is 1. The van der Waals surface area contributed by atoms with Crippen molar-refractivity contribution in [3.8, 4) is 5.75 Å². The number of nitrogens with zero attached hydrogens (tertiary/aromatic N) is 1. The second kappa shape index (κ2) is 9.55. The molecule has 1 unspecified atom stereocenters. The van der Waals surface area contributed by atoms with Crippen molar-refractivity contribution in [3.63, 3.8) is 0 Å². The Bertz CT molecular complexity index is 1220. The lowest BCUT2D eigenvalue weighted by Crippen LogP contribution is -2.41. The third-order valence-electron chi connectivity index (χ3n) is 6.16. The van der Waals surface area contributed by atoms with Crippen molar-refractivity contribution in [2.24, 2.45) is 5.92 Å². The second-order valence-electron chi connectivity index (χ2n) is 8.46. The van der Waals surface area contributed by atoms with Crippen LogP contribution in [0.15, 0.2) is 47.4 Å². The number of carbonyl (C=O) groups is 3. The summed E-state index contributed by atoms with van der Waals surface area (Å²) in [5.41, 5.74) is 1.49. The van der Waals surface area contributed by atoms with E-state index in [0.29, 0.717) is 42.0 Å². The van der Waals surface area contributed by atoms with Gasteiger partial charge in [0.2, 0.25) is 15.9 Å². The highest BCUT2D eigenvalue weighted by Gasteiger charge is 2.34. The van der Waals surface area contributed by atoms with E-state index in [4.69, 9.17) is 4.74 Å². The third-order valence-corrected chi connectivity index (χ3v) is 8.06. The molecule has 0 aliphatic carbocycles. The van der Waals surface area contributed by atoms with E-state index in [1.165, 1.54) is 23.4 Å². The first-order chi connectivity index (χ1) is 16.2. The monoisotopic (exact) mass is 485 g/mol. The van der Waals surface area contributed by atoms with Crippen LogP contribution in [0.5, 0.6) is 5.75 Å². The van der Waals surface area contributed by atoms with Crippen molar-refractivity contribution in [1.29, 1.82) is 0 Å². The Labute approximate surface area is 198 Å². The van der Waals surface area contributed by atoms with Gasteiger partial charge in [0, 0.05) is 30.3 Å². The normalized spacial score (nSPS) is 19.0. The molecule has 0 spiro atoms. The lowest BCUT2D eigenvalue weighted by Gasteiger charge is -2.31. The molecule has 1 fully saturated rings. The molecule has 34 heavy (non-hydrogen) atoms. The summed E-state index contributed by atoms with van der Waals surface area (Å²) in [5.74, 6) is -0.400. The number of ketones is 1. The molecule has 2 amide bonds. The van der Waals surface area contributed by atoms with Gasteiger partial charge in [-0.15, -0.1) is 0 Å². The predicted octanol–water partition coefficient (Wildman–Crippen LogP) is 3.04. The van der Waals surface area contributed by atoms with Crippen molar-refractivity contribution < 1.29 is 27.5 Å². The van der Waals surface area contributed by atoms with Crippen LogP contribution in [0.4, 0.5) is 11.4 Å². The molecule has 180 valence electrons. The summed E-state index contributed by atoms with van der Waals surface area (Å²) in [6, 6.07) is 11.1. The number of hydrogen-bond donors (Lipinski definition) is 2. The first-order valence-corrected chi connectivity index (χ1v) is 12.7. The van der Waals surface area contributed by atoms with Gasteiger partial charge in [-0.2, -0.15) is 4.31 Å². The molecule has 9 nitrogen and oxygen atoms in total. The summed E-state index contributed by atoms with van der Waals surface area (Å²) in [6.45, 7) is 3.73. The Hall–Kier alpha value is -3.24. The van der Waals surface area contributed by atoms with Crippen LogP contribution < -0.4 is 15.4 Å². The lowest BCUT2D eigenvalue weighted by molar-refractivity contribution is -0.123. The standard InChI is InChI=1S/C24H27N3O6S/c1-3-21-24(30)26-20-14-19(8-9-22(20)33-21)34(31,32)27-12-10-17(11-13-27)23(29)25-18-6-4-16(5-7-18)15(2)28/h4-9,14,17,21H,3,10-13H2,1-2H3,(H,25,29)(H,26,30). The minimum atomic E-state index is -3.79. The van der Waals surface area contributed by atoms with E-state index in [2.05, 4.69) is 10.6 Å². The summed E-state index contributed by atoms with van der Waals surface area (Å²) in [4.78, 5) is 36.2. The third kappa shape index (κ3) is 4.83. The van der Waals surface area contributed by atoms with Crippen molar-refractivity contribution in [2.75, 3.05) is 23.7 Å². The fourth-order valence-corrected chi connectivity index (χ4v) is 5.60. The highest BCUT2D eigenvalue weighted by Crippen LogP contribution is 2.34. The van der Waals surface area contributed by atoms with E-state index in [1.807, 2.05) is 6.92 Å². The molecule has 0 saturated carbocycles. The van der Waals surface area contributed by atoms with Gasteiger partial charge in [-0.25, -0.2) is 8.42 Å². The van der Waals surface area contributed by atoms with Gasteiger partial charge >= 0.3 is 0 Å². The quantitative estimate of drug-likeness (QED) is 0.607. The van der Waals surface area contributed by atoms with Crippen LogP contribution in [-0.4, -0.2) is 49.5 Å². The molecule has 1 saturated heterocycles. The maximum Gasteiger partial charge on any atom is 0.265 e. The number of carbonyl (C=O) groups excluding carboxylic acids is 3. The Balaban J connectivity index is 1.39. The maximum atomic E-state index is 13.2. The number of Topliss-reactive ketones (excluding diaryl/α,β-unsaturated/α-hetero) is 1. The molecule has 4 rings (SSSR count). The van der Waals surface area contributed by atoms with E-state index in [9.17, 15) is 22.8 Å². The highest BCUT2D eigenvalue weighted by molar-refractivity contribution is 7.89. The first kappa shape index (κ1) is 23.9. The highest BCUT2D eigenvalue weighted by atomic mass is 32.2. The number of ether oxygens (including phenoxy) is 1. The van der Waals surface area contributed by atoms with Crippen molar-refractivity contribution >= 4 is 39.0 Å². The molecule has 0 radical (unpaired) electrons. The van der Waals surface area contributed by atoms with Gasteiger partial charge in [-0.05, 0) is 68.7 Å². The minimum absolute atomic E-state index is 0.0505. The number of rotatable bonds is 6. The fourth-order valence-electron chi connectivity index (χ4n) is 4.10. The van der Waals surface area contributed by atoms with Crippen LogP contribution in [0.3, 0.4) is 0 Å². The van der Waals surface area contributed by atoms with Crippen molar-refractivity contribution in [2.45, 2.75) is 44.1 Å². The van der Waals surface area contributed by atoms with Crippen LogP contribution in [0.2, 0.25) is 0 Å². The van der Waals surface area contributed by atoms with E-state index in [-0.39, 0.29) is 41.5 Å². The van der Waals surface area contributed by atoms with Crippen LogP contribution in [0, 0.1) is 5.92 Å². The van der Waals surface area contributed by atoms with E-state index < -0.39 is 16.1 Å². The van der Waals surface area contributed by atoms with Crippen LogP contribution >= 0.6 is 0 Å². The number of amides is 2. The number of piperidine rings is 1. The number of nitrogens with one attached hydrogen (secondary N) is 2. The number of sulfonamides is 1. The summed E-state index contributed by atoms with van der Waals surface area (Å²) in [5, 5.41) is 5.55. The van der Waals surface area contributed by atoms with E-state index in [1.54, 1.807) is 30.3 Å². The van der Waals surface area contributed by atoms with Crippen molar-refractivity contribution in [1.82, 2.24) is 4.31 Å². The number of anilines is 2. The van der Waals surface area contributed by atoms with Gasteiger partial charge in [-0.1, -0.05) is 6.92 Å². The largest absolute Gasteiger partial charge is 0.478 e. The zero-order valence-electron chi connectivity index (χ0n) is 19.0.